The zero-order valence-electron chi connectivity index (χ0n) is 34.7. The van der Waals surface area contributed by atoms with Crippen LogP contribution >= 0.6 is 11.3 Å². The molecule has 1 saturated heterocycles. The van der Waals surface area contributed by atoms with Crippen LogP contribution in [0.1, 0.15) is 84.5 Å². The Balaban J connectivity index is 1.08. The first-order valence-electron chi connectivity index (χ1n) is 20.4. The van der Waals surface area contributed by atoms with Gasteiger partial charge in [-0.05, 0) is 126 Å². The number of carbonyl (C=O) groups is 3. The Labute approximate surface area is 353 Å². The zero-order valence-corrected chi connectivity index (χ0v) is 35.5. The monoisotopic (exact) mass is 839 g/mol. The summed E-state index contributed by atoms with van der Waals surface area (Å²) in [6, 6.07) is 22.5. The molecule has 3 aromatic carbocycles. The quantitative estimate of drug-likeness (QED) is 0.115. The van der Waals surface area contributed by atoms with Crippen LogP contribution in [0.25, 0.3) is 21.3 Å². The standard InChI is InChI=1S/C46H51F2N5O6S/c1-6-57-40(54)28-52-23-20-31(21-24-52)46(47,48)22-26-58-37-15-10-12-32(29(37)2)33-17-18-39(50-41(33)43(56)59-45(3,4)5)53-25-19-30-11-9-13-34(35(30)27-53)42(55)51-44-49-36-14-7-8-16-38(36)60-44/h7-18,31H,6,19-28H2,1-5H3,(H,49,51,55). The number of carbonyl (C=O) groups excluding carboxylic acids is 3. The molecule has 1 amide bonds. The van der Waals surface area contributed by atoms with Crippen molar-refractivity contribution in [3.05, 3.63) is 101 Å². The maximum atomic E-state index is 15.4. The maximum Gasteiger partial charge on any atom is 0.358 e. The first-order valence-corrected chi connectivity index (χ1v) is 21.3. The van der Waals surface area contributed by atoms with Gasteiger partial charge in [0.05, 0.1) is 30.0 Å². The van der Waals surface area contributed by atoms with Gasteiger partial charge in [0.25, 0.3) is 11.8 Å². The first kappa shape index (κ1) is 42.6. The lowest BCUT2D eigenvalue weighted by Gasteiger charge is -2.35. The van der Waals surface area contributed by atoms with Crippen molar-refractivity contribution < 1.29 is 37.4 Å². The van der Waals surface area contributed by atoms with Gasteiger partial charge in [-0.3, -0.25) is 19.8 Å². The second kappa shape index (κ2) is 18.0. The maximum absolute atomic E-state index is 15.4. The van der Waals surface area contributed by atoms with Gasteiger partial charge >= 0.3 is 11.9 Å². The van der Waals surface area contributed by atoms with Gasteiger partial charge in [0.1, 0.15) is 17.2 Å². The zero-order chi connectivity index (χ0) is 42.6. The lowest BCUT2D eigenvalue weighted by atomic mass is 9.89. The van der Waals surface area contributed by atoms with Gasteiger partial charge in [-0.1, -0.05) is 47.7 Å². The molecule has 2 aliphatic heterocycles. The topological polar surface area (TPSA) is 123 Å². The summed E-state index contributed by atoms with van der Waals surface area (Å²) < 4.78 is 48.7. The number of alkyl halides is 2. The number of nitrogens with one attached hydrogen (secondary N) is 1. The molecule has 0 radical (unpaired) electrons. The number of fused-ring (bicyclic) bond motifs is 2. The molecular formula is C46H51F2N5O6S. The molecule has 0 spiro atoms. The predicted molar refractivity (Wildman–Crippen MR) is 229 cm³/mol. The van der Waals surface area contributed by atoms with E-state index in [2.05, 4.69) is 10.3 Å². The lowest BCUT2D eigenvalue weighted by molar-refractivity contribution is -0.145. The highest BCUT2D eigenvalue weighted by molar-refractivity contribution is 7.22. The normalized spacial score (nSPS) is 15.1. The number of ether oxygens (including phenoxy) is 3. The van der Waals surface area contributed by atoms with Crippen molar-refractivity contribution in [3.8, 4) is 16.9 Å². The molecule has 0 bridgehead atoms. The number of benzene rings is 3. The van der Waals surface area contributed by atoms with Crippen molar-refractivity contribution in [3.63, 3.8) is 0 Å². The van der Waals surface area contributed by atoms with E-state index in [4.69, 9.17) is 19.2 Å². The van der Waals surface area contributed by atoms with E-state index in [-0.39, 0.29) is 50.2 Å². The third-order valence-corrected chi connectivity index (χ3v) is 11.9. The first-order chi connectivity index (χ1) is 28.7. The highest BCUT2D eigenvalue weighted by Crippen LogP contribution is 2.38. The fourth-order valence-corrected chi connectivity index (χ4v) is 8.73. The number of halogens is 2. The summed E-state index contributed by atoms with van der Waals surface area (Å²) in [7, 11) is 0. The smallest absolute Gasteiger partial charge is 0.358 e. The van der Waals surface area contributed by atoms with E-state index in [9.17, 15) is 14.4 Å². The van der Waals surface area contributed by atoms with Gasteiger partial charge in [0.2, 0.25) is 0 Å². The van der Waals surface area contributed by atoms with E-state index in [0.29, 0.717) is 71.6 Å². The van der Waals surface area contributed by atoms with Gasteiger partial charge in [-0.25, -0.2) is 23.5 Å². The van der Waals surface area contributed by atoms with E-state index in [1.165, 1.54) is 11.3 Å². The summed E-state index contributed by atoms with van der Waals surface area (Å²) in [5, 5.41) is 3.51. The summed E-state index contributed by atoms with van der Waals surface area (Å²) in [6.07, 6.45) is 0.767. The minimum absolute atomic E-state index is 0.108. The highest BCUT2D eigenvalue weighted by Gasteiger charge is 2.41. The average Bonchev–Trinajstić information content (AvgIpc) is 3.63. The number of esters is 2. The van der Waals surface area contributed by atoms with E-state index in [1.54, 1.807) is 39.8 Å². The number of likely N-dealkylation sites (tertiary alicyclic amines) is 1. The fraction of sp³-hybridized carbons (Fsp3) is 0.413. The van der Waals surface area contributed by atoms with Gasteiger partial charge in [0.15, 0.2) is 10.8 Å². The third-order valence-electron chi connectivity index (χ3n) is 10.9. The molecule has 11 nitrogen and oxygen atoms in total. The summed E-state index contributed by atoms with van der Waals surface area (Å²) in [5.41, 5.74) is 4.45. The number of thiazole rings is 1. The summed E-state index contributed by atoms with van der Waals surface area (Å²) in [6.45, 7) is 10.9. The van der Waals surface area contributed by atoms with Crippen molar-refractivity contribution in [1.29, 1.82) is 0 Å². The summed E-state index contributed by atoms with van der Waals surface area (Å²) in [4.78, 5) is 52.8. The van der Waals surface area contributed by atoms with Crippen molar-refractivity contribution in [2.24, 2.45) is 5.92 Å². The Morgan fingerprint density at radius 1 is 0.917 bits per heavy atom. The second-order valence-electron chi connectivity index (χ2n) is 16.3. The molecule has 316 valence electrons. The molecular weight excluding hydrogens is 789 g/mol. The Morgan fingerprint density at radius 2 is 1.68 bits per heavy atom. The minimum atomic E-state index is -2.94. The summed E-state index contributed by atoms with van der Waals surface area (Å²) in [5.74, 6) is -3.98. The molecule has 5 aromatic rings. The molecule has 0 saturated carbocycles. The number of piperidine rings is 1. The van der Waals surface area contributed by atoms with Crippen molar-refractivity contribution in [2.45, 2.75) is 78.4 Å². The molecule has 60 heavy (non-hydrogen) atoms. The number of hydrogen-bond donors (Lipinski definition) is 1. The molecule has 2 aromatic heterocycles. The van der Waals surface area contributed by atoms with Gasteiger partial charge in [-0.15, -0.1) is 0 Å². The molecule has 4 heterocycles. The van der Waals surface area contributed by atoms with Gasteiger partial charge in [-0.2, -0.15) is 0 Å². The molecule has 0 unspecified atom stereocenters. The average molecular weight is 840 g/mol. The van der Waals surface area contributed by atoms with Crippen LogP contribution in [0.3, 0.4) is 0 Å². The van der Waals surface area contributed by atoms with Crippen molar-refractivity contribution in [2.75, 3.05) is 49.6 Å². The number of anilines is 2. The van der Waals surface area contributed by atoms with Crippen LogP contribution in [0.4, 0.5) is 19.7 Å². The third kappa shape index (κ3) is 9.93. The SMILES string of the molecule is CCOC(=O)CN1CCC(C(F)(F)CCOc2cccc(-c3ccc(N4CCc5cccc(C(=O)Nc6nc7ccccc7s6)c5C4)nc3C(=O)OC(C)(C)C)c2C)CC1. The van der Waals surface area contributed by atoms with Gasteiger partial charge in [0, 0.05) is 36.6 Å². The number of nitrogens with zero attached hydrogens (tertiary/aromatic N) is 4. The number of para-hydroxylation sites is 1. The van der Waals surface area contributed by atoms with Crippen LogP contribution in [0.5, 0.6) is 5.75 Å². The number of rotatable bonds is 13. The molecule has 1 fully saturated rings. The summed E-state index contributed by atoms with van der Waals surface area (Å²) >= 11 is 1.42. The molecule has 0 aliphatic carbocycles. The Kier molecular flexibility index (Phi) is 12.8. The molecule has 7 rings (SSSR count). The molecule has 0 atom stereocenters. The number of pyridine rings is 1. The van der Waals surface area contributed by atoms with E-state index >= 15 is 8.78 Å². The van der Waals surface area contributed by atoms with Crippen LogP contribution in [-0.2, 0) is 27.2 Å². The molecule has 1 N–H and O–H groups in total. The van der Waals surface area contributed by atoms with Crippen LogP contribution in [0.2, 0.25) is 0 Å². The second-order valence-corrected chi connectivity index (χ2v) is 17.3. The van der Waals surface area contributed by atoms with Crippen LogP contribution in [0.15, 0.2) is 72.8 Å². The minimum Gasteiger partial charge on any atom is -0.493 e. The van der Waals surface area contributed by atoms with E-state index < -0.39 is 29.8 Å². The number of hydrogen-bond acceptors (Lipinski definition) is 11. The Bertz CT molecular complexity index is 2340. The lowest BCUT2D eigenvalue weighted by Crippen LogP contribution is -2.43. The predicted octanol–water partition coefficient (Wildman–Crippen LogP) is 9.12. The Hall–Kier alpha value is -5.47. The van der Waals surface area contributed by atoms with Crippen LogP contribution < -0.4 is 15.0 Å². The molecule has 2 aliphatic rings. The molecule has 14 heteroatoms. The number of amides is 1. The fourth-order valence-electron chi connectivity index (χ4n) is 7.87. The van der Waals surface area contributed by atoms with Crippen LogP contribution in [-0.4, -0.2) is 83.6 Å². The highest BCUT2D eigenvalue weighted by atomic mass is 32.1. The van der Waals surface area contributed by atoms with Crippen molar-refractivity contribution in [1.82, 2.24) is 14.9 Å². The largest absolute Gasteiger partial charge is 0.493 e. The van der Waals surface area contributed by atoms with Gasteiger partial charge < -0.3 is 19.1 Å². The van der Waals surface area contributed by atoms with Crippen molar-refractivity contribution >= 4 is 50.3 Å². The Morgan fingerprint density at radius 3 is 2.43 bits per heavy atom. The van der Waals surface area contributed by atoms with E-state index in [0.717, 1.165) is 21.3 Å². The van der Waals surface area contributed by atoms with Crippen LogP contribution in [0, 0.1) is 12.8 Å². The van der Waals surface area contributed by atoms with E-state index in [1.807, 2.05) is 77.4 Å². The number of aromatic nitrogens is 2.